The molecular weight excluding hydrogens is 224 g/mol. The van der Waals surface area contributed by atoms with Crippen molar-refractivity contribution in [1.82, 2.24) is 10.2 Å². The molecule has 98 valence electrons. The maximum atomic E-state index is 11.8. The molecule has 0 radical (unpaired) electrons. The molecule has 0 bridgehead atoms. The Balaban J connectivity index is 4.50. The summed E-state index contributed by atoms with van der Waals surface area (Å²) in [5.74, 6) is -1.06. The van der Waals surface area contributed by atoms with E-state index in [1.165, 1.54) is 13.2 Å². The highest BCUT2D eigenvalue weighted by atomic mass is 16.5. The Morgan fingerprint density at radius 1 is 1.53 bits per heavy atom. The normalized spacial score (nSPS) is 10.8. The lowest BCUT2D eigenvalue weighted by atomic mass is 10.1. The third-order valence-electron chi connectivity index (χ3n) is 1.91. The number of urea groups is 1. The summed E-state index contributed by atoms with van der Waals surface area (Å²) in [6.45, 7) is 7.23. The van der Waals surface area contributed by atoms with Crippen LogP contribution in [0.1, 0.15) is 13.8 Å². The number of carboxylic acids is 1. The molecule has 0 saturated carbocycles. The van der Waals surface area contributed by atoms with Gasteiger partial charge in [-0.2, -0.15) is 0 Å². The maximum Gasteiger partial charge on any atom is 0.323 e. The molecule has 0 saturated heterocycles. The standard InChI is InChI=1S/C11H20N2O4/c1-5-6-13(7-9(14)15)10(16)12-11(2,3)8-17-4/h5H,1,6-8H2,2-4H3,(H,12,16)(H,14,15). The summed E-state index contributed by atoms with van der Waals surface area (Å²) < 4.78 is 4.96. The van der Waals surface area contributed by atoms with Crippen molar-refractivity contribution in [3.63, 3.8) is 0 Å². The van der Waals surface area contributed by atoms with Crippen molar-refractivity contribution in [3.8, 4) is 0 Å². The van der Waals surface area contributed by atoms with Crippen LogP contribution in [-0.2, 0) is 9.53 Å². The predicted octanol–water partition coefficient (Wildman–Crippen LogP) is 0.694. The number of methoxy groups -OCH3 is 1. The quantitative estimate of drug-likeness (QED) is 0.646. The topological polar surface area (TPSA) is 78.9 Å². The fourth-order valence-corrected chi connectivity index (χ4v) is 1.30. The lowest BCUT2D eigenvalue weighted by Crippen LogP contribution is -2.53. The van der Waals surface area contributed by atoms with E-state index in [0.717, 1.165) is 4.90 Å². The predicted molar refractivity (Wildman–Crippen MR) is 63.9 cm³/mol. The monoisotopic (exact) mass is 244 g/mol. The Morgan fingerprint density at radius 3 is 2.53 bits per heavy atom. The molecule has 2 amide bonds. The number of carbonyl (C=O) groups is 2. The molecule has 0 heterocycles. The van der Waals surface area contributed by atoms with E-state index in [1.807, 2.05) is 0 Å². The molecule has 0 aromatic heterocycles. The Bertz CT molecular complexity index is 289. The van der Waals surface area contributed by atoms with Crippen molar-refractivity contribution < 1.29 is 19.4 Å². The third-order valence-corrected chi connectivity index (χ3v) is 1.91. The molecule has 0 rings (SSSR count). The molecule has 0 unspecified atom stereocenters. The first kappa shape index (κ1) is 15.4. The van der Waals surface area contributed by atoms with Crippen LogP contribution in [0.4, 0.5) is 4.79 Å². The smallest absolute Gasteiger partial charge is 0.323 e. The molecule has 0 atom stereocenters. The number of carboxylic acid groups (broad SMARTS) is 1. The first-order valence-electron chi connectivity index (χ1n) is 5.21. The van der Waals surface area contributed by atoms with Crippen LogP contribution in [0, 0.1) is 0 Å². The SMILES string of the molecule is C=CCN(CC(=O)O)C(=O)NC(C)(C)COC. The van der Waals surface area contributed by atoms with Gasteiger partial charge in [-0.25, -0.2) is 4.79 Å². The average Bonchev–Trinajstić information content (AvgIpc) is 2.15. The van der Waals surface area contributed by atoms with Crippen LogP contribution >= 0.6 is 0 Å². The Labute approximate surface area is 101 Å². The van der Waals surface area contributed by atoms with Crippen LogP contribution in [0.3, 0.4) is 0 Å². The number of carbonyl (C=O) groups excluding carboxylic acids is 1. The van der Waals surface area contributed by atoms with Gasteiger partial charge in [-0.3, -0.25) is 4.79 Å². The first-order valence-corrected chi connectivity index (χ1v) is 5.21. The molecule has 17 heavy (non-hydrogen) atoms. The number of hydrogen-bond donors (Lipinski definition) is 2. The van der Waals surface area contributed by atoms with Gasteiger partial charge in [-0.15, -0.1) is 6.58 Å². The van der Waals surface area contributed by atoms with E-state index >= 15 is 0 Å². The minimum absolute atomic E-state index is 0.182. The summed E-state index contributed by atoms with van der Waals surface area (Å²) in [6.07, 6.45) is 1.48. The second-order valence-electron chi connectivity index (χ2n) is 4.31. The number of rotatable bonds is 7. The number of nitrogens with zero attached hydrogens (tertiary/aromatic N) is 1. The Morgan fingerprint density at radius 2 is 2.12 bits per heavy atom. The number of aliphatic carboxylic acids is 1. The molecule has 2 N–H and O–H groups in total. The van der Waals surface area contributed by atoms with Gasteiger partial charge in [0.25, 0.3) is 0 Å². The fraction of sp³-hybridized carbons (Fsp3) is 0.636. The lowest BCUT2D eigenvalue weighted by Gasteiger charge is -2.29. The molecule has 0 aliphatic rings. The summed E-state index contributed by atoms with van der Waals surface area (Å²) in [6, 6.07) is -0.450. The van der Waals surface area contributed by atoms with Gasteiger partial charge in [-0.1, -0.05) is 6.08 Å². The zero-order valence-corrected chi connectivity index (χ0v) is 10.5. The van der Waals surface area contributed by atoms with Gasteiger partial charge in [-0.05, 0) is 13.8 Å². The van der Waals surface area contributed by atoms with Gasteiger partial charge in [0.15, 0.2) is 0 Å². The van der Waals surface area contributed by atoms with Crippen LogP contribution < -0.4 is 5.32 Å². The number of hydrogen-bond acceptors (Lipinski definition) is 3. The largest absolute Gasteiger partial charge is 0.480 e. The summed E-state index contributed by atoms with van der Waals surface area (Å²) in [4.78, 5) is 23.6. The van der Waals surface area contributed by atoms with Gasteiger partial charge < -0.3 is 20.1 Å². The van der Waals surface area contributed by atoms with Crippen molar-refractivity contribution >= 4 is 12.0 Å². The number of amides is 2. The van der Waals surface area contributed by atoms with Crippen molar-refractivity contribution in [1.29, 1.82) is 0 Å². The minimum Gasteiger partial charge on any atom is -0.480 e. The molecule has 0 aromatic rings. The second-order valence-corrected chi connectivity index (χ2v) is 4.31. The molecule has 0 aliphatic carbocycles. The molecule has 0 aliphatic heterocycles. The molecule has 0 aromatic carbocycles. The van der Waals surface area contributed by atoms with E-state index in [1.54, 1.807) is 13.8 Å². The van der Waals surface area contributed by atoms with Crippen molar-refractivity contribution in [2.75, 3.05) is 26.8 Å². The second kappa shape index (κ2) is 6.90. The Kier molecular flexibility index (Phi) is 6.27. The van der Waals surface area contributed by atoms with Gasteiger partial charge in [0.2, 0.25) is 0 Å². The average molecular weight is 244 g/mol. The summed E-state index contributed by atoms with van der Waals surface area (Å²) in [5.41, 5.74) is -0.552. The molecule has 6 heteroatoms. The van der Waals surface area contributed by atoms with E-state index in [0.29, 0.717) is 6.61 Å². The van der Waals surface area contributed by atoms with E-state index < -0.39 is 17.5 Å². The van der Waals surface area contributed by atoms with E-state index in [9.17, 15) is 9.59 Å². The molecule has 0 fully saturated rings. The molecular formula is C11H20N2O4. The van der Waals surface area contributed by atoms with Gasteiger partial charge in [0, 0.05) is 13.7 Å². The molecule has 0 spiro atoms. The minimum atomic E-state index is -1.06. The van der Waals surface area contributed by atoms with E-state index in [2.05, 4.69) is 11.9 Å². The molecule has 6 nitrogen and oxygen atoms in total. The zero-order chi connectivity index (χ0) is 13.5. The van der Waals surface area contributed by atoms with E-state index in [-0.39, 0.29) is 13.1 Å². The summed E-state index contributed by atoms with van der Waals surface area (Å²) in [7, 11) is 1.53. The number of ether oxygens (including phenoxy) is 1. The van der Waals surface area contributed by atoms with Crippen LogP contribution in [0.5, 0.6) is 0 Å². The van der Waals surface area contributed by atoms with Gasteiger partial charge in [0.05, 0.1) is 12.1 Å². The zero-order valence-electron chi connectivity index (χ0n) is 10.5. The van der Waals surface area contributed by atoms with Crippen LogP contribution in [0.2, 0.25) is 0 Å². The van der Waals surface area contributed by atoms with Crippen molar-refractivity contribution in [3.05, 3.63) is 12.7 Å². The first-order chi connectivity index (χ1) is 7.82. The maximum absolute atomic E-state index is 11.8. The fourth-order valence-electron chi connectivity index (χ4n) is 1.30. The highest BCUT2D eigenvalue weighted by molar-refractivity contribution is 5.80. The van der Waals surface area contributed by atoms with E-state index in [4.69, 9.17) is 9.84 Å². The lowest BCUT2D eigenvalue weighted by molar-refractivity contribution is -0.137. The van der Waals surface area contributed by atoms with Crippen LogP contribution in [0.15, 0.2) is 12.7 Å². The summed E-state index contributed by atoms with van der Waals surface area (Å²) >= 11 is 0. The summed E-state index contributed by atoms with van der Waals surface area (Å²) in [5, 5.41) is 11.4. The van der Waals surface area contributed by atoms with Gasteiger partial charge >= 0.3 is 12.0 Å². The van der Waals surface area contributed by atoms with Gasteiger partial charge in [0.1, 0.15) is 6.54 Å². The van der Waals surface area contributed by atoms with Crippen molar-refractivity contribution in [2.45, 2.75) is 19.4 Å². The third kappa shape index (κ3) is 6.57. The Hall–Kier alpha value is -1.56. The highest BCUT2D eigenvalue weighted by Gasteiger charge is 2.24. The highest BCUT2D eigenvalue weighted by Crippen LogP contribution is 2.04. The number of nitrogens with one attached hydrogen (secondary N) is 1. The van der Waals surface area contributed by atoms with Crippen molar-refractivity contribution in [2.24, 2.45) is 0 Å². The van der Waals surface area contributed by atoms with Crippen LogP contribution in [-0.4, -0.2) is 54.4 Å². The van der Waals surface area contributed by atoms with Crippen LogP contribution in [0.25, 0.3) is 0 Å².